The molecule has 2 aliphatic rings. The number of thiocarbonyl (C=S) groups is 1. The number of rotatable bonds is 5. The van der Waals surface area contributed by atoms with E-state index in [9.17, 15) is 0 Å². The van der Waals surface area contributed by atoms with E-state index in [1.807, 2.05) is 12.1 Å². The molecular weight excluding hydrogens is 414 g/mol. The first kappa shape index (κ1) is 21.2. The van der Waals surface area contributed by atoms with Crippen molar-refractivity contribution in [2.75, 3.05) is 16.8 Å². The van der Waals surface area contributed by atoms with Gasteiger partial charge in [0, 0.05) is 37.1 Å². The summed E-state index contributed by atoms with van der Waals surface area (Å²) in [4.78, 5) is 20.5. The zero-order valence-corrected chi connectivity index (χ0v) is 19.0. The van der Waals surface area contributed by atoms with Crippen molar-refractivity contribution in [3.63, 3.8) is 0 Å². The Hall–Kier alpha value is -2.00. The van der Waals surface area contributed by atoms with Crippen LogP contribution in [0.3, 0.4) is 0 Å². The molecule has 0 aromatic carbocycles. The van der Waals surface area contributed by atoms with Crippen LogP contribution >= 0.6 is 24.0 Å². The van der Waals surface area contributed by atoms with Gasteiger partial charge in [-0.25, -0.2) is 15.0 Å². The smallest absolute Gasteiger partial charge is 0.232 e. The Balaban J connectivity index is 1.53. The molecule has 4 rings (SSSR count). The molecule has 0 amide bonds. The number of hydrogen-bond acceptors (Lipinski definition) is 7. The molecule has 0 bridgehead atoms. The van der Waals surface area contributed by atoms with Gasteiger partial charge in [-0.05, 0) is 69.1 Å². The molecule has 1 aliphatic carbocycles. The Morgan fingerprint density at radius 2 is 1.83 bits per heavy atom. The van der Waals surface area contributed by atoms with Crippen molar-refractivity contribution in [3.05, 3.63) is 24.5 Å². The van der Waals surface area contributed by atoms with E-state index in [2.05, 4.69) is 37.4 Å². The molecule has 160 valence electrons. The van der Waals surface area contributed by atoms with Crippen LogP contribution in [0.15, 0.2) is 34.7 Å². The lowest BCUT2D eigenvalue weighted by Crippen LogP contribution is -2.40. The van der Waals surface area contributed by atoms with Gasteiger partial charge in [0.15, 0.2) is 10.3 Å². The summed E-state index contributed by atoms with van der Waals surface area (Å²) in [7, 11) is 0. The minimum Gasteiger partial charge on any atom is -0.360 e. The molecule has 0 radical (unpaired) electrons. The van der Waals surface area contributed by atoms with Crippen molar-refractivity contribution in [1.29, 1.82) is 0 Å². The standard InChI is InChI=1S/C21H29N7S2/c1-15-8-5-6-13-28(15)17-14-18(30-21-22-11-7-12-23-21)26-19(25-17)27-20(29)24-16-9-3-2-4-10-16/h7,11-12,14-16H,2-6,8-10,13H2,1H3,(H2,24,25,26,27,29). The quantitative estimate of drug-likeness (QED) is 0.397. The summed E-state index contributed by atoms with van der Waals surface area (Å²) in [5, 5.41) is 8.74. The van der Waals surface area contributed by atoms with E-state index in [1.54, 1.807) is 12.4 Å². The Labute approximate surface area is 187 Å². The predicted octanol–water partition coefficient (Wildman–Crippen LogP) is 4.42. The number of nitrogens with zero attached hydrogens (tertiary/aromatic N) is 5. The summed E-state index contributed by atoms with van der Waals surface area (Å²) in [5.74, 6) is 1.45. The van der Waals surface area contributed by atoms with Crippen LogP contribution in [0, 0.1) is 0 Å². The van der Waals surface area contributed by atoms with E-state index >= 15 is 0 Å². The maximum Gasteiger partial charge on any atom is 0.232 e. The molecule has 1 atom stereocenters. The highest BCUT2D eigenvalue weighted by molar-refractivity contribution is 7.99. The van der Waals surface area contributed by atoms with Gasteiger partial charge in [0.25, 0.3) is 0 Å². The van der Waals surface area contributed by atoms with Crippen LogP contribution in [0.1, 0.15) is 58.3 Å². The molecule has 1 saturated heterocycles. The fourth-order valence-corrected chi connectivity index (χ4v) is 5.08. The lowest BCUT2D eigenvalue weighted by Gasteiger charge is -2.34. The second-order valence-corrected chi connectivity index (χ2v) is 9.39. The van der Waals surface area contributed by atoms with Gasteiger partial charge in [0.2, 0.25) is 5.95 Å². The normalized spacial score (nSPS) is 20.0. The van der Waals surface area contributed by atoms with Crippen LogP contribution in [0.4, 0.5) is 11.8 Å². The fraction of sp³-hybridized carbons (Fsp3) is 0.571. The van der Waals surface area contributed by atoms with E-state index in [4.69, 9.17) is 17.2 Å². The van der Waals surface area contributed by atoms with Crippen LogP contribution in [0.2, 0.25) is 0 Å². The van der Waals surface area contributed by atoms with Crippen LogP contribution in [-0.4, -0.2) is 43.7 Å². The lowest BCUT2D eigenvalue weighted by atomic mass is 9.96. The topological polar surface area (TPSA) is 78.9 Å². The maximum atomic E-state index is 5.57. The monoisotopic (exact) mass is 443 g/mol. The van der Waals surface area contributed by atoms with Gasteiger partial charge in [0.05, 0.1) is 0 Å². The van der Waals surface area contributed by atoms with Gasteiger partial charge in [0.1, 0.15) is 10.8 Å². The number of anilines is 2. The van der Waals surface area contributed by atoms with Crippen molar-refractivity contribution >= 4 is 40.9 Å². The summed E-state index contributed by atoms with van der Waals surface area (Å²) in [5.41, 5.74) is 0. The second kappa shape index (κ2) is 10.3. The number of piperidine rings is 1. The summed E-state index contributed by atoms with van der Waals surface area (Å²) in [6, 6.07) is 4.74. The van der Waals surface area contributed by atoms with E-state index in [0.717, 1.165) is 17.4 Å². The van der Waals surface area contributed by atoms with Gasteiger partial charge < -0.3 is 15.5 Å². The van der Waals surface area contributed by atoms with E-state index in [-0.39, 0.29) is 0 Å². The molecule has 1 aliphatic heterocycles. The fourth-order valence-electron chi connectivity index (χ4n) is 4.11. The van der Waals surface area contributed by atoms with Gasteiger partial charge in [-0.3, -0.25) is 0 Å². The molecule has 7 nitrogen and oxygen atoms in total. The average Bonchev–Trinajstić information content (AvgIpc) is 2.75. The molecule has 30 heavy (non-hydrogen) atoms. The minimum absolute atomic E-state index is 0.440. The molecule has 2 aromatic heterocycles. The first-order chi connectivity index (χ1) is 14.7. The Kier molecular flexibility index (Phi) is 7.33. The van der Waals surface area contributed by atoms with Crippen LogP contribution in [0.5, 0.6) is 0 Å². The third-order valence-corrected chi connectivity index (χ3v) is 6.72. The first-order valence-electron chi connectivity index (χ1n) is 10.9. The van der Waals surface area contributed by atoms with Crippen molar-refractivity contribution in [3.8, 4) is 0 Å². The first-order valence-corrected chi connectivity index (χ1v) is 12.1. The predicted molar refractivity (Wildman–Crippen MR) is 125 cm³/mol. The summed E-state index contributed by atoms with van der Waals surface area (Å²) in [6.07, 6.45) is 13.3. The highest BCUT2D eigenvalue weighted by Gasteiger charge is 2.22. The molecular formula is C21H29N7S2. The second-order valence-electron chi connectivity index (χ2n) is 7.99. The van der Waals surface area contributed by atoms with Gasteiger partial charge >= 0.3 is 0 Å². The molecule has 2 fully saturated rings. The van der Waals surface area contributed by atoms with Gasteiger partial charge in [-0.1, -0.05) is 19.3 Å². The van der Waals surface area contributed by atoms with Crippen LogP contribution in [0.25, 0.3) is 0 Å². The van der Waals surface area contributed by atoms with Gasteiger partial charge in [-0.2, -0.15) is 4.98 Å². The Bertz CT molecular complexity index is 843. The van der Waals surface area contributed by atoms with Crippen molar-refractivity contribution in [2.45, 2.75) is 80.6 Å². The molecule has 9 heteroatoms. The van der Waals surface area contributed by atoms with Crippen LogP contribution in [-0.2, 0) is 0 Å². The van der Waals surface area contributed by atoms with Gasteiger partial charge in [-0.15, -0.1) is 0 Å². The highest BCUT2D eigenvalue weighted by atomic mass is 32.2. The van der Waals surface area contributed by atoms with Crippen molar-refractivity contribution in [2.24, 2.45) is 0 Å². The third kappa shape index (κ3) is 5.78. The Morgan fingerprint density at radius 1 is 1.07 bits per heavy atom. The molecule has 2 aromatic rings. The summed E-state index contributed by atoms with van der Waals surface area (Å²) in [6.45, 7) is 3.27. The average molecular weight is 444 g/mol. The maximum absolute atomic E-state index is 5.57. The molecule has 2 N–H and O–H groups in total. The minimum atomic E-state index is 0.440. The van der Waals surface area contributed by atoms with Crippen LogP contribution < -0.4 is 15.5 Å². The van der Waals surface area contributed by atoms with Crippen molar-refractivity contribution < 1.29 is 0 Å². The highest BCUT2D eigenvalue weighted by Crippen LogP contribution is 2.30. The summed E-state index contributed by atoms with van der Waals surface area (Å²) < 4.78 is 0. The molecule has 1 unspecified atom stereocenters. The van der Waals surface area contributed by atoms with E-state index in [1.165, 1.54) is 63.1 Å². The van der Waals surface area contributed by atoms with E-state index < -0.39 is 0 Å². The van der Waals surface area contributed by atoms with Crippen molar-refractivity contribution in [1.82, 2.24) is 25.3 Å². The number of nitrogens with one attached hydrogen (secondary N) is 2. The number of hydrogen-bond donors (Lipinski definition) is 2. The zero-order valence-electron chi connectivity index (χ0n) is 17.4. The summed E-state index contributed by atoms with van der Waals surface area (Å²) >= 11 is 7.01. The molecule has 1 saturated carbocycles. The third-order valence-electron chi connectivity index (χ3n) is 5.69. The molecule has 0 spiro atoms. The molecule has 3 heterocycles. The lowest BCUT2D eigenvalue weighted by molar-refractivity contribution is 0.414. The van der Waals surface area contributed by atoms with E-state index in [0.29, 0.717) is 28.3 Å². The zero-order chi connectivity index (χ0) is 20.8. The SMILES string of the molecule is CC1CCCCN1c1cc(Sc2ncccn2)nc(NC(=S)NC2CCCCC2)n1. The number of aromatic nitrogens is 4. The largest absolute Gasteiger partial charge is 0.360 e. The Morgan fingerprint density at radius 3 is 2.60 bits per heavy atom.